The van der Waals surface area contributed by atoms with E-state index in [2.05, 4.69) is 137 Å². The number of para-hydroxylation sites is 1. The number of hydrogen-bond acceptors (Lipinski definition) is 2. The van der Waals surface area contributed by atoms with Crippen LogP contribution in [0.3, 0.4) is 0 Å². The van der Waals surface area contributed by atoms with Crippen LogP contribution >= 0.6 is 0 Å². The fourth-order valence-corrected chi connectivity index (χ4v) is 5.52. The van der Waals surface area contributed by atoms with Crippen molar-refractivity contribution in [2.75, 3.05) is 0 Å². The maximum Gasteiger partial charge on any atom is 0.137 e. The Kier molecular flexibility index (Phi) is 5.91. The third kappa shape index (κ3) is 4.42. The lowest BCUT2D eigenvalue weighted by molar-refractivity contribution is 0.588. The Morgan fingerprint density at radius 2 is 1.33 bits per heavy atom. The highest BCUT2D eigenvalue weighted by Gasteiger charge is 2.25. The van der Waals surface area contributed by atoms with Crippen LogP contribution in [0.25, 0.3) is 38.8 Å². The Bertz CT molecular complexity index is 1830. The zero-order chi connectivity index (χ0) is 27.4. The predicted octanol–water partition coefficient (Wildman–Crippen LogP) is 9.17. The van der Waals surface area contributed by atoms with Crippen molar-refractivity contribution in [3.05, 3.63) is 126 Å². The summed E-state index contributed by atoms with van der Waals surface area (Å²) >= 11 is 0. The van der Waals surface area contributed by atoms with E-state index >= 15 is 0 Å². The molecule has 0 aliphatic heterocycles. The van der Waals surface area contributed by atoms with E-state index in [-0.39, 0.29) is 10.8 Å². The van der Waals surface area contributed by atoms with Gasteiger partial charge in [0.2, 0.25) is 0 Å². The number of benzene rings is 3. The van der Waals surface area contributed by atoms with Crippen molar-refractivity contribution in [1.29, 1.82) is 0 Å². The van der Waals surface area contributed by atoms with Crippen LogP contribution in [0.2, 0.25) is 0 Å². The SMILES string of the molecule is Cc1ccnc(C(C)(C)c2cccc(-c3ccc4c5ccccc5n(-c5cc(C(C)(C)C)ccn5)c4c3)c2)c1. The van der Waals surface area contributed by atoms with Gasteiger partial charge in [-0.3, -0.25) is 9.55 Å². The van der Waals surface area contributed by atoms with E-state index in [9.17, 15) is 0 Å². The first kappa shape index (κ1) is 25.1. The van der Waals surface area contributed by atoms with Crippen LogP contribution in [0, 0.1) is 6.92 Å². The standard InChI is InChI=1S/C36H35N3/c1-24-16-18-37-33(20-24)36(5,6)28-11-9-10-25(21-28)26-14-15-30-29-12-7-8-13-31(29)39(32(30)22-26)34-23-27(17-19-38-34)35(2,3)4/h7-23H,1-6H3. The Balaban J connectivity index is 1.53. The van der Waals surface area contributed by atoms with E-state index in [1.807, 2.05) is 12.4 Å². The third-order valence-electron chi connectivity index (χ3n) is 7.99. The van der Waals surface area contributed by atoms with E-state index in [0.29, 0.717) is 0 Å². The summed E-state index contributed by atoms with van der Waals surface area (Å²) in [6, 6.07) is 32.9. The lowest BCUT2D eigenvalue weighted by atomic mass is 9.80. The fourth-order valence-electron chi connectivity index (χ4n) is 5.52. The van der Waals surface area contributed by atoms with Crippen LogP contribution in [0.1, 0.15) is 57.0 Å². The van der Waals surface area contributed by atoms with Crippen molar-refractivity contribution < 1.29 is 0 Å². The molecule has 0 spiro atoms. The molecule has 0 unspecified atom stereocenters. The van der Waals surface area contributed by atoms with Gasteiger partial charge in [-0.2, -0.15) is 0 Å². The van der Waals surface area contributed by atoms with Crippen molar-refractivity contribution in [2.45, 2.75) is 52.4 Å². The number of rotatable bonds is 4. The fraction of sp³-hybridized carbons (Fsp3) is 0.222. The summed E-state index contributed by atoms with van der Waals surface area (Å²) in [5, 5.41) is 2.47. The van der Waals surface area contributed by atoms with Crippen LogP contribution in [0.15, 0.2) is 103 Å². The molecule has 0 amide bonds. The van der Waals surface area contributed by atoms with Gasteiger partial charge in [-0.1, -0.05) is 89.2 Å². The molecule has 3 nitrogen and oxygen atoms in total. The molecular formula is C36H35N3. The first-order valence-electron chi connectivity index (χ1n) is 13.7. The van der Waals surface area contributed by atoms with Crippen LogP contribution < -0.4 is 0 Å². The Morgan fingerprint density at radius 3 is 2.13 bits per heavy atom. The zero-order valence-corrected chi connectivity index (χ0v) is 23.7. The highest BCUT2D eigenvalue weighted by atomic mass is 15.1. The maximum atomic E-state index is 4.84. The summed E-state index contributed by atoms with van der Waals surface area (Å²) < 4.78 is 2.31. The average molecular weight is 510 g/mol. The lowest BCUT2D eigenvalue weighted by Gasteiger charge is -2.25. The van der Waals surface area contributed by atoms with Gasteiger partial charge in [-0.05, 0) is 76.6 Å². The summed E-state index contributed by atoms with van der Waals surface area (Å²) in [5.41, 5.74) is 9.39. The first-order chi connectivity index (χ1) is 18.6. The van der Waals surface area contributed by atoms with Crippen LogP contribution in [0.5, 0.6) is 0 Å². The van der Waals surface area contributed by atoms with Crippen LogP contribution in [-0.2, 0) is 10.8 Å². The Labute approximate surface area is 231 Å². The summed E-state index contributed by atoms with van der Waals surface area (Å²) in [5.74, 6) is 0.950. The molecule has 0 radical (unpaired) electrons. The van der Waals surface area contributed by atoms with Crippen molar-refractivity contribution in [3.8, 4) is 16.9 Å². The minimum atomic E-state index is -0.210. The molecule has 39 heavy (non-hydrogen) atoms. The van der Waals surface area contributed by atoms with Gasteiger partial charge >= 0.3 is 0 Å². The Morgan fingerprint density at radius 1 is 0.590 bits per heavy atom. The average Bonchev–Trinajstić information content (AvgIpc) is 3.26. The van der Waals surface area contributed by atoms with Crippen molar-refractivity contribution in [1.82, 2.24) is 14.5 Å². The second kappa shape index (κ2) is 9.20. The van der Waals surface area contributed by atoms with Crippen molar-refractivity contribution in [2.24, 2.45) is 0 Å². The number of aromatic nitrogens is 3. The Hall–Kier alpha value is -4.24. The van der Waals surface area contributed by atoms with Gasteiger partial charge in [0.15, 0.2) is 0 Å². The van der Waals surface area contributed by atoms with Gasteiger partial charge in [-0.15, -0.1) is 0 Å². The smallest absolute Gasteiger partial charge is 0.137 e. The van der Waals surface area contributed by atoms with Gasteiger partial charge in [0.1, 0.15) is 5.82 Å². The molecule has 0 bridgehead atoms. The first-order valence-corrected chi connectivity index (χ1v) is 13.7. The molecule has 0 fully saturated rings. The second-order valence-corrected chi connectivity index (χ2v) is 12.2. The van der Waals surface area contributed by atoms with E-state index in [1.54, 1.807) is 0 Å². The summed E-state index contributed by atoms with van der Waals surface area (Å²) in [4.78, 5) is 9.56. The van der Waals surface area contributed by atoms with Crippen LogP contribution in [-0.4, -0.2) is 14.5 Å². The highest BCUT2D eigenvalue weighted by Crippen LogP contribution is 2.37. The third-order valence-corrected chi connectivity index (χ3v) is 7.99. The van der Waals surface area contributed by atoms with Crippen molar-refractivity contribution in [3.63, 3.8) is 0 Å². The monoisotopic (exact) mass is 509 g/mol. The topological polar surface area (TPSA) is 30.7 Å². The number of aryl methyl sites for hydroxylation is 1. The van der Waals surface area contributed by atoms with Gasteiger partial charge in [0.05, 0.1) is 16.7 Å². The molecule has 194 valence electrons. The molecule has 6 aromatic rings. The highest BCUT2D eigenvalue weighted by molar-refractivity contribution is 6.10. The van der Waals surface area contributed by atoms with Gasteiger partial charge in [0, 0.05) is 28.6 Å². The summed E-state index contributed by atoms with van der Waals surface area (Å²) in [7, 11) is 0. The number of nitrogens with zero attached hydrogens (tertiary/aromatic N) is 3. The maximum absolute atomic E-state index is 4.84. The summed E-state index contributed by atoms with van der Waals surface area (Å²) in [6.45, 7) is 13.4. The molecule has 0 saturated heterocycles. The summed E-state index contributed by atoms with van der Waals surface area (Å²) in [6.07, 6.45) is 3.84. The van der Waals surface area contributed by atoms with Gasteiger partial charge in [-0.25, -0.2) is 4.98 Å². The molecule has 3 heteroatoms. The molecule has 0 aliphatic rings. The van der Waals surface area contributed by atoms with E-state index in [1.165, 1.54) is 44.1 Å². The van der Waals surface area contributed by atoms with Gasteiger partial charge in [0.25, 0.3) is 0 Å². The number of pyridine rings is 2. The zero-order valence-electron chi connectivity index (χ0n) is 23.7. The second-order valence-electron chi connectivity index (χ2n) is 12.2. The molecular weight excluding hydrogens is 474 g/mol. The molecule has 0 N–H and O–H groups in total. The predicted molar refractivity (Wildman–Crippen MR) is 164 cm³/mol. The quantitative estimate of drug-likeness (QED) is 0.237. The largest absolute Gasteiger partial charge is 0.294 e. The molecule has 0 atom stereocenters. The number of fused-ring (bicyclic) bond motifs is 3. The van der Waals surface area contributed by atoms with E-state index in [0.717, 1.165) is 17.0 Å². The minimum absolute atomic E-state index is 0.0427. The molecule has 0 aliphatic carbocycles. The molecule has 3 aromatic carbocycles. The molecule has 0 saturated carbocycles. The lowest BCUT2D eigenvalue weighted by Crippen LogP contribution is -2.20. The normalized spacial score (nSPS) is 12.4. The van der Waals surface area contributed by atoms with E-state index in [4.69, 9.17) is 9.97 Å². The molecule has 3 heterocycles. The molecule has 3 aromatic heterocycles. The van der Waals surface area contributed by atoms with Crippen molar-refractivity contribution >= 4 is 21.8 Å². The van der Waals surface area contributed by atoms with Crippen LogP contribution in [0.4, 0.5) is 0 Å². The number of hydrogen-bond donors (Lipinski definition) is 0. The van der Waals surface area contributed by atoms with Gasteiger partial charge < -0.3 is 0 Å². The molecule has 6 rings (SSSR count). The minimum Gasteiger partial charge on any atom is -0.294 e. The van der Waals surface area contributed by atoms with E-state index < -0.39 is 0 Å².